The van der Waals surface area contributed by atoms with E-state index in [1.807, 2.05) is 0 Å². The van der Waals surface area contributed by atoms with Crippen molar-refractivity contribution < 1.29 is 0 Å². The number of rotatable bonds is 0. The maximum atomic E-state index is 2.15. The second-order valence-corrected chi connectivity index (χ2v) is 1.50. The minimum atomic E-state index is 0. The predicted molar refractivity (Wildman–Crippen MR) is 25.9 cm³/mol. The Morgan fingerprint density at radius 3 is 1.25 bits per heavy atom. The Hall–Kier alpha value is 0.495. The van der Waals surface area contributed by atoms with Gasteiger partial charge in [0, 0.05) is 8.41 Å². The van der Waals surface area contributed by atoms with Crippen molar-refractivity contribution in [3.05, 3.63) is 0 Å². The molecule has 0 rings (SSSR count). The lowest BCUT2D eigenvalue weighted by Gasteiger charge is -1.50. The topological polar surface area (TPSA) is 0 Å². The summed E-state index contributed by atoms with van der Waals surface area (Å²) in [4.78, 5) is 0. The molecule has 3 radical (unpaired) electrons. The molecule has 0 amide bonds. The molecule has 0 aromatic rings. The van der Waals surface area contributed by atoms with Crippen LogP contribution in [0, 0.1) is 0 Å². The van der Waals surface area contributed by atoms with E-state index in [4.69, 9.17) is 0 Å². The van der Waals surface area contributed by atoms with Gasteiger partial charge in [-0.05, 0) is 13.3 Å². The van der Waals surface area contributed by atoms with Gasteiger partial charge < -0.3 is 0 Å². The highest BCUT2D eigenvalue weighted by Crippen LogP contribution is 1.84. The van der Waals surface area contributed by atoms with Crippen molar-refractivity contribution in [1.29, 1.82) is 0 Å². The molecule has 4 heavy (non-hydrogen) atoms. The van der Waals surface area contributed by atoms with Crippen molar-refractivity contribution in [1.82, 2.24) is 0 Å². The molecule has 0 fully saturated rings. The third-order valence-corrected chi connectivity index (χ3v) is 0. The van der Waals surface area contributed by atoms with Gasteiger partial charge in [-0.1, -0.05) is 0 Å². The van der Waals surface area contributed by atoms with E-state index in [1.165, 1.54) is 0 Å². The van der Waals surface area contributed by atoms with Crippen LogP contribution in [0.4, 0.5) is 0 Å². The van der Waals surface area contributed by atoms with Gasteiger partial charge in [-0.25, -0.2) is 0 Å². The molecule has 2 heteroatoms. The highest BCUT2D eigenvalue weighted by Gasteiger charge is 1.33. The third-order valence-electron chi connectivity index (χ3n) is 0. The first-order valence-electron chi connectivity index (χ1n) is 1.00. The standard InChI is InChI=1S/C2H7P.B/c1-3-2;/h3H,1-2H3;. The predicted octanol–water partition coefficient (Wildman–Crippen LogP) is 0.544. The Morgan fingerprint density at radius 1 is 1.25 bits per heavy atom. The average Bonchev–Trinajstić information content (AvgIpc) is 0.918. The average molecular weight is 72.9 g/mol. The summed E-state index contributed by atoms with van der Waals surface area (Å²) in [5.41, 5.74) is 0. The second kappa shape index (κ2) is 9.73. The molecule has 0 aliphatic carbocycles. The summed E-state index contributed by atoms with van der Waals surface area (Å²) in [7, 11) is 1.08. The van der Waals surface area contributed by atoms with Gasteiger partial charge in [0.25, 0.3) is 0 Å². The Morgan fingerprint density at radius 2 is 1.25 bits per heavy atom. The Kier molecular flexibility index (Phi) is 21.5. The van der Waals surface area contributed by atoms with E-state index in [0.717, 1.165) is 8.58 Å². The maximum Gasteiger partial charge on any atom is 0 e. The molecule has 0 N–H and O–H groups in total. The van der Waals surface area contributed by atoms with Gasteiger partial charge in [0.05, 0.1) is 0 Å². The van der Waals surface area contributed by atoms with E-state index >= 15 is 0 Å². The zero-order valence-corrected chi connectivity index (χ0v) is 4.08. The molecule has 23 valence electrons. The van der Waals surface area contributed by atoms with Gasteiger partial charge in [-0.15, -0.1) is 8.58 Å². The van der Waals surface area contributed by atoms with Crippen LogP contribution in [0.5, 0.6) is 0 Å². The van der Waals surface area contributed by atoms with Crippen LogP contribution in [0.15, 0.2) is 0 Å². The Bertz CT molecular complexity index is 6.00. The van der Waals surface area contributed by atoms with E-state index in [2.05, 4.69) is 13.3 Å². The summed E-state index contributed by atoms with van der Waals surface area (Å²) in [6, 6.07) is 0. The van der Waals surface area contributed by atoms with E-state index < -0.39 is 0 Å². The molecule has 0 aromatic carbocycles. The van der Waals surface area contributed by atoms with Crippen LogP contribution in [0.2, 0.25) is 0 Å². The molecule has 0 aromatic heterocycles. The van der Waals surface area contributed by atoms with Crippen LogP contribution in [0.25, 0.3) is 0 Å². The first kappa shape index (κ1) is 8.82. The molecule has 0 saturated heterocycles. The lowest BCUT2D eigenvalue weighted by molar-refractivity contribution is 2.32. The van der Waals surface area contributed by atoms with E-state index in [0.29, 0.717) is 0 Å². The summed E-state index contributed by atoms with van der Waals surface area (Å²) in [6.45, 7) is 4.31. The van der Waals surface area contributed by atoms with Crippen LogP contribution in [0.3, 0.4) is 0 Å². The lowest BCUT2D eigenvalue weighted by Crippen LogP contribution is -1.18. The minimum absolute atomic E-state index is 0. The Labute approximate surface area is 31.3 Å². The zero-order valence-electron chi connectivity index (χ0n) is 3.08. The first-order valence-corrected chi connectivity index (χ1v) is 3.00. The quantitative estimate of drug-likeness (QED) is 0.290. The molecular formula is C2H7BP. The molecule has 0 aliphatic heterocycles. The molecule has 0 heterocycles. The molecule has 0 bridgehead atoms. The lowest BCUT2D eigenvalue weighted by atomic mass is 10.8. The van der Waals surface area contributed by atoms with Crippen molar-refractivity contribution in [3.63, 3.8) is 0 Å². The van der Waals surface area contributed by atoms with E-state index in [9.17, 15) is 0 Å². The van der Waals surface area contributed by atoms with E-state index in [-0.39, 0.29) is 8.41 Å². The van der Waals surface area contributed by atoms with Gasteiger partial charge in [-0.3, -0.25) is 0 Å². The van der Waals surface area contributed by atoms with Crippen molar-refractivity contribution in [2.45, 2.75) is 0 Å². The number of hydrogen-bond donors (Lipinski definition) is 0. The van der Waals surface area contributed by atoms with Gasteiger partial charge in [-0.2, -0.15) is 0 Å². The fourth-order valence-electron chi connectivity index (χ4n) is 0. The Balaban J connectivity index is 0. The normalized spacial score (nSPS) is 4.50. The second-order valence-electron chi connectivity index (χ2n) is 0.500. The van der Waals surface area contributed by atoms with Crippen LogP contribution in [0.1, 0.15) is 0 Å². The smallest absolute Gasteiger partial charge is 0 e. The van der Waals surface area contributed by atoms with Gasteiger partial charge >= 0.3 is 0 Å². The first-order chi connectivity index (χ1) is 1.41. The van der Waals surface area contributed by atoms with Gasteiger partial charge in [0.1, 0.15) is 0 Å². The van der Waals surface area contributed by atoms with E-state index in [1.54, 1.807) is 0 Å². The molecule has 0 unspecified atom stereocenters. The summed E-state index contributed by atoms with van der Waals surface area (Å²) in [6.07, 6.45) is 0. The largest absolute Gasteiger partial charge is 0.129 e. The molecule has 0 spiro atoms. The van der Waals surface area contributed by atoms with Crippen molar-refractivity contribution in [2.24, 2.45) is 0 Å². The summed E-state index contributed by atoms with van der Waals surface area (Å²) in [5, 5.41) is 0. The van der Waals surface area contributed by atoms with Crippen LogP contribution < -0.4 is 0 Å². The molecule has 0 atom stereocenters. The molecule has 0 nitrogen and oxygen atoms in total. The highest BCUT2D eigenvalue weighted by molar-refractivity contribution is 7.35. The molecule has 0 saturated carbocycles. The zero-order chi connectivity index (χ0) is 2.71. The fourth-order valence-corrected chi connectivity index (χ4v) is 0. The van der Waals surface area contributed by atoms with Crippen LogP contribution in [-0.4, -0.2) is 21.7 Å². The summed E-state index contributed by atoms with van der Waals surface area (Å²) < 4.78 is 0. The van der Waals surface area contributed by atoms with Gasteiger partial charge in [0.2, 0.25) is 0 Å². The van der Waals surface area contributed by atoms with Crippen LogP contribution >= 0.6 is 8.58 Å². The third kappa shape index (κ3) is 22.8. The van der Waals surface area contributed by atoms with Gasteiger partial charge in [0.15, 0.2) is 0 Å². The molecular weight excluding hydrogens is 65.8 g/mol. The maximum absolute atomic E-state index is 2.15. The highest BCUT2D eigenvalue weighted by atomic mass is 31.1. The number of hydrogen-bond acceptors (Lipinski definition) is 0. The monoisotopic (exact) mass is 73.0 g/mol. The SMILES string of the molecule is CPC.[B]. The summed E-state index contributed by atoms with van der Waals surface area (Å²) >= 11 is 0. The minimum Gasteiger partial charge on any atom is -0.129 e. The van der Waals surface area contributed by atoms with Crippen molar-refractivity contribution >= 4 is 17.0 Å². The molecule has 0 aliphatic rings. The summed E-state index contributed by atoms with van der Waals surface area (Å²) in [5.74, 6) is 0. The van der Waals surface area contributed by atoms with Crippen molar-refractivity contribution in [2.75, 3.05) is 13.3 Å². The van der Waals surface area contributed by atoms with Crippen LogP contribution in [-0.2, 0) is 0 Å². The fraction of sp³-hybridized carbons (Fsp3) is 1.00. The van der Waals surface area contributed by atoms with Crippen molar-refractivity contribution in [3.8, 4) is 0 Å².